The Morgan fingerprint density at radius 3 is 1.66 bits per heavy atom. The van der Waals surface area contributed by atoms with Crippen LogP contribution in [0.5, 0.6) is 11.5 Å². The van der Waals surface area contributed by atoms with E-state index in [0.29, 0.717) is 51.0 Å². The van der Waals surface area contributed by atoms with E-state index < -0.39 is 5.97 Å². The van der Waals surface area contributed by atoms with Crippen LogP contribution in [0.15, 0.2) is 58.7 Å². The molecule has 0 aliphatic rings. The minimum absolute atomic E-state index is 0. The second-order valence-electron chi connectivity index (χ2n) is 6.12. The van der Waals surface area contributed by atoms with Crippen LogP contribution >= 0.6 is 63.7 Å². The maximum absolute atomic E-state index is 11.9. The Bertz CT molecular complexity index is 1290. The van der Waals surface area contributed by atoms with Gasteiger partial charge in [0.25, 0.3) is 0 Å². The van der Waals surface area contributed by atoms with Crippen molar-refractivity contribution < 1.29 is 113 Å². The first kappa shape index (κ1) is 31.4. The van der Waals surface area contributed by atoms with Crippen LogP contribution in [0.3, 0.4) is 0 Å². The van der Waals surface area contributed by atoms with E-state index in [1.54, 1.807) is 30.3 Å². The number of phenols is 2. The number of benzene rings is 3. The molecule has 0 saturated heterocycles. The Morgan fingerprint density at radius 1 is 0.781 bits per heavy atom. The minimum Gasteiger partial charge on any atom is -0.505 e. The molecule has 0 radical (unpaired) electrons. The molecule has 146 valence electrons. The molecule has 1 heterocycles. The van der Waals surface area contributed by atoms with Crippen LogP contribution in [-0.4, -0.2) is 21.3 Å². The van der Waals surface area contributed by atoms with Gasteiger partial charge in [-0.05, 0) is 87.5 Å². The number of rotatable bonds is 2. The Labute approximate surface area is 282 Å². The molecule has 12 heteroatoms. The Hall–Kier alpha value is 1.32. The molecule has 0 saturated carbocycles. The molecule has 1 aromatic heterocycles. The second-order valence-corrected chi connectivity index (χ2v) is 9.42. The van der Waals surface area contributed by atoms with Crippen molar-refractivity contribution in [1.29, 1.82) is 0 Å². The smallest absolute Gasteiger partial charge is 0.505 e. The molecule has 0 aliphatic heterocycles. The molecule has 0 fully saturated rings. The topological polar surface area (TPSA) is 89.1 Å². The summed E-state index contributed by atoms with van der Waals surface area (Å²) in [6.07, 6.45) is 0. The third kappa shape index (κ3) is 5.51. The zero-order valence-electron chi connectivity index (χ0n) is 17.1. The third-order valence-corrected chi connectivity index (χ3v) is 7.15. The van der Waals surface area contributed by atoms with E-state index in [0.717, 1.165) is 0 Å². The molecule has 0 bridgehead atoms. The summed E-state index contributed by atoms with van der Waals surface area (Å²) in [5, 5.41) is 31.6. The molecule has 0 spiro atoms. The van der Waals surface area contributed by atoms with Crippen molar-refractivity contribution in [3.63, 3.8) is 0 Å². The van der Waals surface area contributed by atoms with E-state index in [1.165, 1.54) is 6.07 Å². The molecule has 5 nitrogen and oxygen atoms in total. The van der Waals surface area contributed by atoms with Gasteiger partial charge in [-0.2, -0.15) is 0 Å². The maximum Gasteiger partial charge on any atom is 1.00 e. The van der Waals surface area contributed by atoms with Crippen molar-refractivity contribution in [3.05, 3.63) is 59.9 Å². The average Bonchev–Trinajstić information content (AvgIpc) is 2.69. The zero-order chi connectivity index (χ0) is 21.0. The fraction of sp³-hybridized carbons (Fsp3) is 0. The van der Waals surface area contributed by atoms with Gasteiger partial charge in [-0.1, -0.05) is 18.2 Å². The summed E-state index contributed by atoms with van der Waals surface area (Å²) in [6.45, 7) is 0. The third-order valence-electron chi connectivity index (χ3n) is 4.47. The van der Waals surface area contributed by atoms with Gasteiger partial charge in [0.2, 0.25) is 0 Å². The predicted octanol–water partition coefficient (Wildman–Crippen LogP) is -1.29. The van der Waals surface area contributed by atoms with Crippen LogP contribution in [0, 0.1) is 0 Å². The van der Waals surface area contributed by atoms with Gasteiger partial charge in [-0.25, -0.2) is 9.21 Å². The van der Waals surface area contributed by atoms with E-state index in [4.69, 9.17) is 4.42 Å². The maximum atomic E-state index is 11.9. The summed E-state index contributed by atoms with van der Waals surface area (Å²) in [5.41, 5.74) is 1.77. The van der Waals surface area contributed by atoms with E-state index >= 15 is 0 Å². The number of hydrogen-bond acceptors (Lipinski definition) is 3. The molecular formula is C20H9Br4Na3O5+4. The number of carboxylic acids is 1. The van der Waals surface area contributed by atoms with Crippen LogP contribution in [0.1, 0.15) is 10.4 Å². The number of phenolic OH excluding ortho intramolecular Hbond substituents is 2. The SMILES string of the molecule is O=C(O)c1ccccc1-c1c2cc(Br)c(O)c(Br)c2[o+]c2c(Br)c(O)c(Br)cc12.[Na+].[Na+].[Na+]. The standard InChI is InChI=1S/C20H8Br4O5.3Na/c21-11-5-9-13(7-3-1-2-4-8(7)20(27)28)10-6-12(22)17(26)15(24)19(10)29-18(9)14(23)16(11)25;;;/h1-6H,(H2-,25,26,27,28);;;/q;3*+1/p+1. The fourth-order valence-electron chi connectivity index (χ4n) is 3.18. The summed E-state index contributed by atoms with van der Waals surface area (Å²) in [6, 6.07) is 9.97. The number of halogens is 4. The average molecular weight is 718 g/mol. The molecule has 0 aliphatic carbocycles. The van der Waals surface area contributed by atoms with Gasteiger partial charge in [-0.15, -0.1) is 0 Å². The molecule has 3 aromatic carbocycles. The van der Waals surface area contributed by atoms with Crippen molar-refractivity contribution in [1.82, 2.24) is 0 Å². The summed E-state index contributed by atoms with van der Waals surface area (Å²) < 4.78 is 7.46. The molecule has 0 atom stereocenters. The van der Waals surface area contributed by atoms with Crippen LogP contribution < -0.4 is 88.7 Å². The van der Waals surface area contributed by atoms with Crippen molar-refractivity contribution in [3.8, 4) is 22.6 Å². The van der Waals surface area contributed by atoms with Gasteiger partial charge in [-0.3, -0.25) is 0 Å². The van der Waals surface area contributed by atoms with Gasteiger partial charge in [0, 0.05) is 5.56 Å². The van der Waals surface area contributed by atoms with Crippen molar-refractivity contribution in [2.75, 3.05) is 0 Å². The van der Waals surface area contributed by atoms with Gasteiger partial charge in [0.1, 0.15) is 0 Å². The second kappa shape index (κ2) is 12.5. The number of hydrogen-bond donors (Lipinski definition) is 3. The monoisotopic (exact) mass is 714 g/mol. The van der Waals surface area contributed by atoms with Gasteiger partial charge >= 0.3 is 106 Å². The zero-order valence-corrected chi connectivity index (χ0v) is 29.5. The normalized spacial score (nSPS) is 10.2. The Kier molecular flexibility index (Phi) is 12.3. The molecular weight excluding hydrogens is 709 g/mol. The van der Waals surface area contributed by atoms with Crippen molar-refractivity contribution >= 4 is 91.6 Å². The fourth-order valence-corrected chi connectivity index (χ4v) is 5.58. The minimum atomic E-state index is -1.07. The number of aromatic carboxylic acids is 1. The van der Waals surface area contributed by atoms with Crippen LogP contribution in [0.4, 0.5) is 0 Å². The first-order chi connectivity index (χ1) is 13.7. The Balaban J connectivity index is 0.00000171. The molecule has 32 heavy (non-hydrogen) atoms. The number of carbonyl (C=O) groups is 1. The summed E-state index contributed by atoms with van der Waals surface area (Å²) in [7, 11) is 0. The molecule has 4 aromatic rings. The largest absolute Gasteiger partial charge is 1.00 e. The van der Waals surface area contributed by atoms with Crippen LogP contribution in [0.2, 0.25) is 0 Å². The number of fused-ring (bicyclic) bond motifs is 2. The molecule has 4 rings (SSSR count). The molecule has 0 amide bonds. The number of carboxylic acid groups (broad SMARTS) is 1. The first-order valence-corrected chi connectivity index (χ1v) is 11.2. The molecule has 0 unspecified atom stereocenters. The van der Waals surface area contributed by atoms with Gasteiger partial charge in [0.15, 0.2) is 20.4 Å². The van der Waals surface area contributed by atoms with Gasteiger partial charge < -0.3 is 15.3 Å². The van der Waals surface area contributed by atoms with Crippen molar-refractivity contribution in [2.45, 2.75) is 0 Å². The predicted molar refractivity (Wildman–Crippen MR) is 125 cm³/mol. The first-order valence-electron chi connectivity index (χ1n) is 8.02. The van der Waals surface area contributed by atoms with Crippen LogP contribution in [-0.2, 0) is 0 Å². The van der Waals surface area contributed by atoms with Crippen molar-refractivity contribution in [2.24, 2.45) is 0 Å². The Morgan fingerprint density at radius 2 is 1.22 bits per heavy atom. The van der Waals surface area contributed by atoms with Gasteiger partial charge in [0.05, 0.1) is 25.3 Å². The number of aromatic hydroxyl groups is 2. The quantitative estimate of drug-likeness (QED) is 0.137. The van der Waals surface area contributed by atoms with E-state index in [9.17, 15) is 20.1 Å². The van der Waals surface area contributed by atoms with E-state index in [2.05, 4.69) is 63.7 Å². The summed E-state index contributed by atoms with van der Waals surface area (Å²) in [5.74, 6) is -1.19. The van der Waals surface area contributed by atoms with Crippen LogP contribution in [0.25, 0.3) is 33.1 Å². The summed E-state index contributed by atoms with van der Waals surface area (Å²) >= 11 is 13.4. The summed E-state index contributed by atoms with van der Waals surface area (Å²) in [4.78, 5) is 11.9. The van der Waals surface area contributed by atoms with E-state index in [-0.39, 0.29) is 106 Å². The molecule has 3 N–H and O–H groups in total. The van der Waals surface area contributed by atoms with E-state index in [1.807, 2.05) is 0 Å².